The van der Waals surface area contributed by atoms with Gasteiger partial charge in [-0.05, 0) is 61.1 Å². The predicted molar refractivity (Wildman–Crippen MR) is 120 cm³/mol. The molecular formula is C24H27FN4OS. The van der Waals surface area contributed by atoms with Gasteiger partial charge in [0.2, 0.25) is 5.01 Å². The molecule has 0 spiro atoms. The number of carbonyl (C=O) groups excluding carboxylic acids is 1. The fourth-order valence-electron chi connectivity index (χ4n) is 4.11. The number of nitrogens with zero attached hydrogens (tertiary/aromatic N) is 3. The lowest BCUT2D eigenvalue weighted by molar-refractivity contribution is 0.0950. The van der Waals surface area contributed by atoms with Crippen LogP contribution in [-0.4, -0.2) is 33.6 Å². The van der Waals surface area contributed by atoms with E-state index in [9.17, 15) is 9.18 Å². The Morgan fingerprint density at radius 1 is 1.16 bits per heavy atom. The molecule has 1 heterocycles. The second-order valence-corrected chi connectivity index (χ2v) is 9.01. The zero-order valence-electron chi connectivity index (χ0n) is 17.7. The first-order valence-corrected chi connectivity index (χ1v) is 11.6. The maximum atomic E-state index is 13.0. The molecule has 0 bridgehead atoms. The van der Waals surface area contributed by atoms with Crippen molar-refractivity contribution >= 4 is 17.2 Å². The summed E-state index contributed by atoms with van der Waals surface area (Å²) in [7, 11) is 0. The Bertz CT molecular complexity index is 1020. The third kappa shape index (κ3) is 5.54. The van der Waals surface area contributed by atoms with Gasteiger partial charge in [0.05, 0.1) is 6.54 Å². The summed E-state index contributed by atoms with van der Waals surface area (Å²) in [5, 5.41) is 12.4. The lowest BCUT2D eigenvalue weighted by Gasteiger charge is -2.34. The Balaban J connectivity index is 1.37. The molecule has 0 saturated heterocycles. The molecular weight excluding hydrogens is 411 g/mol. The van der Waals surface area contributed by atoms with Crippen LogP contribution in [0.25, 0.3) is 0 Å². The van der Waals surface area contributed by atoms with Gasteiger partial charge < -0.3 is 5.32 Å². The fraction of sp³-hybridized carbons (Fsp3) is 0.375. The van der Waals surface area contributed by atoms with Gasteiger partial charge in [-0.15, -0.1) is 10.2 Å². The summed E-state index contributed by atoms with van der Waals surface area (Å²) in [5.74, 6) is -0.538. The largest absolute Gasteiger partial charge is 0.346 e. The van der Waals surface area contributed by atoms with Crippen molar-refractivity contribution in [1.29, 1.82) is 0 Å². The van der Waals surface area contributed by atoms with E-state index in [1.165, 1.54) is 34.6 Å². The topological polar surface area (TPSA) is 58.1 Å². The highest BCUT2D eigenvalue weighted by Gasteiger charge is 2.25. The summed E-state index contributed by atoms with van der Waals surface area (Å²) < 4.78 is 13.0. The molecule has 1 aromatic heterocycles. The molecule has 1 atom stereocenters. The van der Waals surface area contributed by atoms with E-state index >= 15 is 0 Å². The van der Waals surface area contributed by atoms with Crippen molar-refractivity contribution in [3.05, 3.63) is 81.1 Å². The number of rotatable bonds is 8. The van der Waals surface area contributed by atoms with Crippen molar-refractivity contribution in [1.82, 2.24) is 20.4 Å². The fourth-order valence-corrected chi connectivity index (χ4v) is 4.89. The average Bonchev–Trinajstić information content (AvgIpc) is 3.26. The van der Waals surface area contributed by atoms with Crippen LogP contribution in [0.5, 0.6) is 0 Å². The summed E-state index contributed by atoms with van der Waals surface area (Å²) in [4.78, 5) is 14.9. The quantitative estimate of drug-likeness (QED) is 0.567. The molecule has 0 saturated carbocycles. The third-order valence-electron chi connectivity index (χ3n) is 5.71. The molecule has 2 aromatic carbocycles. The van der Waals surface area contributed by atoms with Crippen molar-refractivity contribution < 1.29 is 9.18 Å². The number of halogens is 1. The van der Waals surface area contributed by atoms with Gasteiger partial charge in [-0.25, -0.2) is 4.39 Å². The van der Waals surface area contributed by atoms with Crippen LogP contribution in [0.3, 0.4) is 0 Å². The SMILES string of the molecule is CCCN(Cc1nnc(C(=O)NCc2ccc(F)cc2)s1)C1CCc2ccccc2C1. The van der Waals surface area contributed by atoms with E-state index in [0.717, 1.165) is 42.8 Å². The maximum Gasteiger partial charge on any atom is 0.282 e. The number of hydrogen-bond donors (Lipinski definition) is 1. The Kier molecular flexibility index (Phi) is 7.04. The lowest BCUT2D eigenvalue weighted by atomic mass is 9.87. The first-order chi connectivity index (χ1) is 15.1. The van der Waals surface area contributed by atoms with Crippen LogP contribution in [0.4, 0.5) is 4.39 Å². The molecule has 162 valence electrons. The highest BCUT2D eigenvalue weighted by Crippen LogP contribution is 2.26. The first kappa shape index (κ1) is 21.6. The Hall–Kier alpha value is -2.64. The molecule has 1 N–H and O–H groups in total. The summed E-state index contributed by atoms with van der Waals surface area (Å²) in [5.41, 5.74) is 3.75. The minimum absolute atomic E-state index is 0.248. The number of fused-ring (bicyclic) bond motifs is 1. The summed E-state index contributed by atoms with van der Waals surface area (Å²) in [6.45, 7) is 4.23. The summed E-state index contributed by atoms with van der Waals surface area (Å²) >= 11 is 1.35. The third-order valence-corrected chi connectivity index (χ3v) is 6.62. The van der Waals surface area contributed by atoms with E-state index in [0.29, 0.717) is 24.1 Å². The highest BCUT2D eigenvalue weighted by atomic mass is 32.1. The second kappa shape index (κ2) is 10.1. The normalized spacial score (nSPS) is 15.6. The van der Waals surface area contributed by atoms with E-state index in [2.05, 4.69) is 51.6 Å². The number of aromatic nitrogens is 2. The minimum atomic E-state index is -0.290. The monoisotopic (exact) mass is 438 g/mol. The van der Waals surface area contributed by atoms with Crippen molar-refractivity contribution in [2.24, 2.45) is 0 Å². The highest BCUT2D eigenvalue weighted by molar-refractivity contribution is 7.13. The summed E-state index contributed by atoms with van der Waals surface area (Å²) in [6, 6.07) is 15.3. The van der Waals surface area contributed by atoms with Gasteiger partial charge in [0.1, 0.15) is 10.8 Å². The van der Waals surface area contributed by atoms with Crippen LogP contribution in [0.1, 0.15) is 51.3 Å². The van der Waals surface area contributed by atoms with E-state index in [1.54, 1.807) is 12.1 Å². The predicted octanol–water partition coefficient (Wildman–Crippen LogP) is 4.38. The summed E-state index contributed by atoms with van der Waals surface area (Å²) in [6.07, 6.45) is 4.37. The lowest BCUT2D eigenvalue weighted by Crippen LogP contribution is -2.39. The molecule has 0 aliphatic heterocycles. The second-order valence-electron chi connectivity index (χ2n) is 7.95. The smallest absolute Gasteiger partial charge is 0.282 e. The van der Waals surface area contributed by atoms with Crippen LogP contribution in [0, 0.1) is 5.82 Å². The molecule has 4 rings (SSSR count). The van der Waals surface area contributed by atoms with Crippen LogP contribution >= 0.6 is 11.3 Å². The first-order valence-electron chi connectivity index (χ1n) is 10.8. The van der Waals surface area contributed by atoms with Gasteiger partial charge in [0, 0.05) is 12.6 Å². The molecule has 31 heavy (non-hydrogen) atoms. The van der Waals surface area contributed by atoms with E-state index in [1.807, 2.05) is 0 Å². The van der Waals surface area contributed by atoms with E-state index < -0.39 is 0 Å². The number of aryl methyl sites for hydroxylation is 1. The van der Waals surface area contributed by atoms with Gasteiger partial charge >= 0.3 is 0 Å². The molecule has 0 fully saturated rings. The van der Waals surface area contributed by atoms with Crippen molar-refractivity contribution in [3.8, 4) is 0 Å². The zero-order chi connectivity index (χ0) is 21.6. The molecule has 1 aliphatic rings. The molecule has 1 unspecified atom stereocenters. The van der Waals surface area contributed by atoms with Gasteiger partial charge in [-0.3, -0.25) is 9.69 Å². The number of benzene rings is 2. The van der Waals surface area contributed by atoms with Gasteiger partial charge in [-0.2, -0.15) is 0 Å². The van der Waals surface area contributed by atoms with Gasteiger partial charge in [-0.1, -0.05) is 54.7 Å². The van der Waals surface area contributed by atoms with Crippen LogP contribution in [0.2, 0.25) is 0 Å². The molecule has 3 aromatic rings. The standard InChI is InChI=1S/C24H27FN4OS/c1-2-13-29(21-12-9-18-5-3-4-6-19(18)14-21)16-22-27-28-24(31-22)23(30)26-15-17-7-10-20(25)11-8-17/h3-8,10-11,21H,2,9,12-16H2,1H3,(H,26,30). The average molecular weight is 439 g/mol. The molecule has 0 radical (unpaired) electrons. The van der Waals surface area contributed by atoms with E-state index in [-0.39, 0.29) is 11.7 Å². The molecule has 1 amide bonds. The molecule has 1 aliphatic carbocycles. The Morgan fingerprint density at radius 2 is 1.94 bits per heavy atom. The van der Waals surface area contributed by atoms with Crippen molar-refractivity contribution in [2.45, 2.75) is 51.7 Å². The van der Waals surface area contributed by atoms with Crippen LogP contribution in [-0.2, 0) is 25.9 Å². The van der Waals surface area contributed by atoms with E-state index in [4.69, 9.17) is 0 Å². The van der Waals surface area contributed by atoms with Gasteiger partial charge in [0.25, 0.3) is 5.91 Å². The van der Waals surface area contributed by atoms with Gasteiger partial charge in [0.15, 0.2) is 0 Å². The van der Waals surface area contributed by atoms with Crippen LogP contribution in [0.15, 0.2) is 48.5 Å². The zero-order valence-corrected chi connectivity index (χ0v) is 18.5. The maximum absolute atomic E-state index is 13.0. The number of nitrogens with one attached hydrogen (secondary N) is 1. The van der Waals surface area contributed by atoms with Crippen LogP contribution < -0.4 is 5.32 Å². The minimum Gasteiger partial charge on any atom is -0.346 e. The van der Waals surface area contributed by atoms with Crippen molar-refractivity contribution in [3.63, 3.8) is 0 Å². The Labute approximate surface area is 186 Å². The molecule has 5 nitrogen and oxygen atoms in total. The van der Waals surface area contributed by atoms with Crippen molar-refractivity contribution in [2.75, 3.05) is 6.54 Å². The number of amides is 1. The number of carbonyl (C=O) groups is 1. The Morgan fingerprint density at radius 3 is 2.71 bits per heavy atom. The number of hydrogen-bond acceptors (Lipinski definition) is 5. The molecule has 7 heteroatoms.